The molecule has 0 unspecified atom stereocenters. The van der Waals surface area contributed by atoms with Gasteiger partial charge in [-0.05, 0) is 60.9 Å². The molecule has 0 bridgehead atoms. The second kappa shape index (κ2) is 16.3. The number of carbonyl (C=O) groups is 2. The van der Waals surface area contributed by atoms with Crippen LogP contribution in [0.15, 0.2) is 102 Å². The SMILES string of the molecule is CCCNC(=O)[C@H](Cc1ccccc1)N(Cc1cccc(C)c1)C(=O)CN(c1ccc(Cl)cc1)S(=O)(=O)c1ccc(OC)c(OC)c1. The Kier molecular flexibility index (Phi) is 12.3. The first-order chi connectivity index (χ1) is 22.6. The Balaban J connectivity index is 1.82. The summed E-state index contributed by atoms with van der Waals surface area (Å²) < 4.78 is 40.4. The van der Waals surface area contributed by atoms with E-state index in [1.807, 2.05) is 68.4 Å². The molecule has 0 saturated carbocycles. The fourth-order valence-corrected chi connectivity index (χ4v) is 6.72. The molecule has 0 fully saturated rings. The number of aryl methyl sites for hydroxylation is 1. The third kappa shape index (κ3) is 9.05. The van der Waals surface area contributed by atoms with Crippen LogP contribution in [0, 0.1) is 6.92 Å². The van der Waals surface area contributed by atoms with Gasteiger partial charge in [0.1, 0.15) is 12.6 Å². The quantitative estimate of drug-likeness (QED) is 0.165. The number of ether oxygens (including phenoxy) is 2. The molecular weight excluding hydrogens is 638 g/mol. The molecule has 0 radical (unpaired) electrons. The highest BCUT2D eigenvalue weighted by molar-refractivity contribution is 7.92. The van der Waals surface area contributed by atoms with Gasteiger partial charge in [0.05, 0.1) is 24.8 Å². The van der Waals surface area contributed by atoms with E-state index in [1.165, 1.54) is 49.5 Å². The summed E-state index contributed by atoms with van der Waals surface area (Å²) in [5.41, 5.74) is 2.88. The average Bonchev–Trinajstić information content (AvgIpc) is 3.08. The molecule has 47 heavy (non-hydrogen) atoms. The third-order valence-corrected chi connectivity index (χ3v) is 9.61. The topological polar surface area (TPSA) is 105 Å². The van der Waals surface area contributed by atoms with Crippen molar-refractivity contribution in [1.82, 2.24) is 10.2 Å². The van der Waals surface area contributed by atoms with E-state index in [4.69, 9.17) is 21.1 Å². The normalized spacial score (nSPS) is 11.8. The predicted molar refractivity (Wildman–Crippen MR) is 184 cm³/mol. The van der Waals surface area contributed by atoms with Crippen molar-refractivity contribution in [1.29, 1.82) is 0 Å². The van der Waals surface area contributed by atoms with Crippen LogP contribution in [0.2, 0.25) is 5.02 Å². The maximum Gasteiger partial charge on any atom is 0.264 e. The van der Waals surface area contributed by atoms with Gasteiger partial charge in [0.2, 0.25) is 11.8 Å². The standard InChI is InChI=1S/C36H40ClN3O6S/c1-5-20-38-36(42)32(22-27-11-7-6-8-12-27)39(24-28-13-9-10-26(2)21-28)35(41)25-40(30-16-14-29(37)15-17-30)47(43,44)31-18-19-33(45-3)34(23-31)46-4/h6-19,21,23,32H,5,20,22,24-25H2,1-4H3,(H,38,42)/t32-/m0/s1. The maximum absolute atomic E-state index is 14.6. The number of halogens is 1. The Bertz CT molecular complexity index is 1770. The van der Waals surface area contributed by atoms with Crippen LogP contribution in [0.25, 0.3) is 0 Å². The van der Waals surface area contributed by atoms with E-state index in [9.17, 15) is 18.0 Å². The molecule has 0 aliphatic carbocycles. The number of carbonyl (C=O) groups excluding carboxylic acids is 2. The second-order valence-electron chi connectivity index (χ2n) is 11.0. The first kappa shape index (κ1) is 35.3. The first-order valence-corrected chi connectivity index (χ1v) is 17.1. The molecule has 1 atom stereocenters. The molecule has 0 spiro atoms. The first-order valence-electron chi connectivity index (χ1n) is 15.2. The minimum Gasteiger partial charge on any atom is -0.493 e. The monoisotopic (exact) mass is 677 g/mol. The smallest absolute Gasteiger partial charge is 0.264 e. The number of benzene rings is 4. The van der Waals surface area contributed by atoms with Gasteiger partial charge in [-0.3, -0.25) is 13.9 Å². The summed E-state index contributed by atoms with van der Waals surface area (Å²) in [6.45, 7) is 3.83. The van der Waals surface area contributed by atoms with Crippen LogP contribution < -0.4 is 19.1 Å². The second-order valence-corrected chi connectivity index (χ2v) is 13.3. The molecule has 4 rings (SSSR count). The molecule has 4 aromatic rings. The molecule has 0 aliphatic rings. The van der Waals surface area contributed by atoms with Crippen LogP contribution >= 0.6 is 11.6 Å². The van der Waals surface area contributed by atoms with Crippen molar-refractivity contribution in [2.45, 2.75) is 44.2 Å². The van der Waals surface area contributed by atoms with Gasteiger partial charge >= 0.3 is 0 Å². The van der Waals surface area contributed by atoms with Crippen molar-refractivity contribution in [3.05, 3.63) is 119 Å². The summed E-state index contributed by atoms with van der Waals surface area (Å²) in [6, 6.07) is 26.6. The van der Waals surface area contributed by atoms with E-state index in [-0.39, 0.29) is 35.2 Å². The third-order valence-electron chi connectivity index (χ3n) is 7.59. The van der Waals surface area contributed by atoms with E-state index < -0.39 is 28.5 Å². The molecule has 0 saturated heterocycles. The lowest BCUT2D eigenvalue weighted by molar-refractivity contribution is -0.140. The molecule has 0 aliphatic heterocycles. The number of sulfonamides is 1. The predicted octanol–water partition coefficient (Wildman–Crippen LogP) is 6.03. The Morgan fingerprint density at radius 3 is 2.17 bits per heavy atom. The molecule has 9 nitrogen and oxygen atoms in total. The van der Waals surface area contributed by atoms with Gasteiger partial charge in [0.25, 0.3) is 10.0 Å². The summed E-state index contributed by atoms with van der Waals surface area (Å²) in [4.78, 5) is 29.7. The summed E-state index contributed by atoms with van der Waals surface area (Å²) >= 11 is 6.16. The number of amides is 2. The molecule has 0 aromatic heterocycles. The number of nitrogens with zero attached hydrogens (tertiary/aromatic N) is 2. The van der Waals surface area contributed by atoms with Gasteiger partial charge < -0.3 is 19.7 Å². The molecule has 2 amide bonds. The number of anilines is 1. The highest BCUT2D eigenvalue weighted by Crippen LogP contribution is 2.33. The van der Waals surface area contributed by atoms with Crippen molar-refractivity contribution >= 4 is 39.1 Å². The molecular formula is C36H40ClN3O6S. The number of rotatable bonds is 15. The summed E-state index contributed by atoms with van der Waals surface area (Å²) in [6.07, 6.45) is 0.945. The van der Waals surface area contributed by atoms with Crippen molar-refractivity contribution in [3.63, 3.8) is 0 Å². The number of hydrogen-bond acceptors (Lipinski definition) is 6. The van der Waals surface area contributed by atoms with Crippen molar-refractivity contribution in [2.75, 3.05) is 31.6 Å². The number of hydrogen-bond donors (Lipinski definition) is 1. The summed E-state index contributed by atoms with van der Waals surface area (Å²) in [5, 5.41) is 3.35. The van der Waals surface area contributed by atoms with E-state index >= 15 is 0 Å². The molecule has 4 aromatic carbocycles. The summed E-state index contributed by atoms with van der Waals surface area (Å²) in [7, 11) is -1.48. The van der Waals surface area contributed by atoms with E-state index in [2.05, 4.69) is 5.32 Å². The molecule has 1 N–H and O–H groups in total. The van der Waals surface area contributed by atoms with E-state index in [0.29, 0.717) is 23.7 Å². The lowest BCUT2D eigenvalue weighted by Crippen LogP contribution is -2.53. The van der Waals surface area contributed by atoms with E-state index in [0.717, 1.165) is 21.0 Å². The minimum absolute atomic E-state index is 0.0857. The summed E-state index contributed by atoms with van der Waals surface area (Å²) in [5.74, 6) is -0.310. The van der Waals surface area contributed by atoms with Crippen molar-refractivity contribution in [3.8, 4) is 11.5 Å². The minimum atomic E-state index is -4.35. The van der Waals surface area contributed by atoms with Crippen LogP contribution in [0.3, 0.4) is 0 Å². The van der Waals surface area contributed by atoms with Gasteiger partial charge in [-0.15, -0.1) is 0 Å². The Morgan fingerprint density at radius 1 is 0.851 bits per heavy atom. The molecule has 11 heteroatoms. The lowest BCUT2D eigenvalue weighted by atomic mass is 10.0. The van der Waals surface area contributed by atoms with Crippen molar-refractivity contribution < 1.29 is 27.5 Å². The van der Waals surface area contributed by atoms with Gasteiger partial charge in [-0.25, -0.2) is 8.42 Å². The van der Waals surface area contributed by atoms with Crippen LogP contribution in [-0.2, 0) is 32.6 Å². The number of methoxy groups -OCH3 is 2. The van der Waals surface area contributed by atoms with Gasteiger partial charge in [-0.1, -0.05) is 78.7 Å². The van der Waals surface area contributed by atoms with Crippen LogP contribution in [0.1, 0.15) is 30.0 Å². The van der Waals surface area contributed by atoms with Gasteiger partial charge in [0, 0.05) is 30.6 Å². The zero-order valence-electron chi connectivity index (χ0n) is 27.0. The maximum atomic E-state index is 14.6. The van der Waals surface area contributed by atoms with Crippen LogP contribution in [0.5, 0.6) is 11.5 Å². The van der Waals surface area contributed by atoms with Crippen LogP contribution in [-0.4, -0.2) is 58.5 Å². The fourth-order valence-electron chi connectivity index (χ4n) is 5.17. The zero-order valence-corrected chi connectivity index (χ0v) is 28.6. The van der Waals surface area contributed by atoms with E-state index in [1.54, 1.807) is 12.1 Å². The zero-order chi connectivity index (χ0) is 34.0. The number of nitrogens with one attached hydrogen (secondary N) is 1. The van der Waals surface area contributed by atoms with Crippen LogP contribution in [0.4, 0.5) is 5.69 Å². The van der Waals surface area contributed by atoms with Gasteiger partial charge in [0.15, 0.2) is 11.5 Å². The van der Waals surface area contributed by atoms with Crippen molar-refractivity contribution in [2.24, 2.45) is 0 Å². The lowest BCUT2D eigenvalue weighted by Gasteiger charge is -2.34. The molecule has 0 heterocycles. The highest BCUT2D eigenvalue weighted by Gasteiger charge is 2.35. The largest absolute Gasteiger partial charge is 0.493 e. The average molecular weight is 678 g/mol. The Labute approximate surface area is 282 Å². The fraction of sp³-hybridized carbons (Fsp3) is 0.278. The Hall–Kier alpha value is -4.54. The Morgan fingerprint density at radius 2 is 1.53 bits per heavy atom. The highest BCUT2D eigenvalue weighted by atomic mass is 35.5. The van der Waals surface area contributed by atoms with Gasteiger partial charge in [-0.2, -0.15) is 0 Å². The molecule has 248 valence electrons.